The fourth-order valence-corrected chi connectivity index (χ4v) is 2.05. The van der Waals surface area contributed by atoms with Crippen molar-refractivity contribution < 1.29 is 9.47 Å². The Labute approximate surface area is 125 Å². The van der Waals surface area contributed by atoms with Crippen molar-refractivity contribution in [2.24, 2.45) is 4.99 Å². The van der Waals surface area contributed by atoms with Crippen LogP contribution in [-0.2, 0) is 0 Å². The number of nitrogens with one attached hydrogen (secondary N) is 2. The maximum atomic E-state index is 5.31. The largest absolute Gasteiger partial charge is 0.495 e. The first kappa shape index (κ1) is 15.1. The standard InChI is InChI=1S/C11H14BrN3O2.BrH/c1-16-9-6-8(10(17-2)5-7(9)12)15-11-13-3-4-14-11;/h5-6H,3-4H2,1-2H3,(H2,13,14,15);1H. The van der Waals surface area contributed by atoms with E-state index in [0.29, 0.717) is 0 Å². The molecule has 0 amide bonds. The number of halogens is 2. The Hall–Kier alpha value is -0.950. The van der Waals surface area contributed by atoms with Crippen LogP contribution in [0.25, 0.3) is 0 Å². The van der Waals surface area contributed by atoms with Crippen molar-refractivity contribution in [2.75, 3.05) is 32.6 Å². The molecule has 2 N–H and O–H groups in total. The lowest BCUT2D eigenvalue weighted by atomic mass is 10.2. The highest BCUT2D eigenvalue weighted by molar-refractivity contribution is 9.10. The van der Waals surface area contributed by atoms with E-state index < -0.39 is 0 Å². The quantitative estimate of drug-likeness (QED) is 0.845. The second-order valence-electron chi connectivity index (χ2n) is 3.47. The predicted octanol–water partition coefficient (Wildman–Crippen LogP) is 2.42. The number of anilines is 1. The van der Waals surface area contributed by atoms with E-state index >= 15 is 0 Å². The molecular formula is C11H15Br2N3O2. The average molecular weight is 381 g/mol. The van der Waals surface area contributed by atoms with Crippen molar-refractivity contribution in [3.63, 3.8) is 0 Å². The Bertz CT molecular complexity index is 452. The molecule has 0 saturated heterocycles. The third-order valence-electron chi connectivity index (χ3n) is 2.40. The van der Waals surface area contributed by atoms with E-state index in [9.17, 15) is 0 Å². The van der Waals surface area contributed by atoms with Crippen LogP contribution in [0.5, 0.6) is 11.5 Å². The van der Waals surface area contributed by atoms with Crippen LogP contribution >= 0.6 is 32.9 Å². The zero-order chi connectivity index (χ0) is 12.3. The molecule has 0 fully saturated rings. The maximum Gasteiger partial charge on any atom is 0.196 e. The third kappa shape index (κ3) is 3.29. The number of nitrogens with zero attached hydrogens (tertiary/aromatic N) is 1. The molecule has 1 aliphatic heterocycles. The Kier molecular flexibility index (Phi) is 5.74. The Morgan fingerprint density at radius 2 is 2.00 bits per heavy atom. The first-order valence-electron chi connectivity index (χ1n) is 5.21. The van der Waals surface area contributed by atoms with E-state index in [0.717, 1.165) is 40.7 Å². The van der Waals surface area contributed by atoms with Crippen LogP contribution in [0.2, 0.25) is 0 Å². The molecular weight excluding hydrogens is 366 g/mol. The summed E-state index contributed by atoms with van der Waals surface area (Å²) in [5.74, 6) is 2.23. The van der Waals surface area contributed by atoms with Crippen LogP contribution in [0.1, 0.15) is 0 Å². The van der Waals surface area contributed by atoms with Crippen molar-refractivity contribution in [3.8, 4) is 11.5 Å². The van der Waals surface area contributed by atoms with Crippen LogP contribution in [0, 0.1) is 0 Å². The normalized spacial score (nSPS) is 13.2. The number of hydrogen-bond acceptors (Lipinski definition) is 5. The molecule has 1 aromatic carbocycles. The molecule has 0 spiro atoms. The van der Waals surface area contributed by atoms with E-state index in [1.165, 1.54) is 0 Å². The minimum atomic E-state index is 0. The van der Waals surface area contributed by atoms with Gasteiger partial charge in [-0.3, -0.25) is 4.99 Å². The van der Waals surface area contributed by atoms with Crippen molar-refractivity contribution in [1.82, 2.24) is 5.32 Å². The van der Waals surface area contributed by atoms with Gasteiger partial charge >= 0.3 is 0 Å². The third-order valence-corrected chi connectivity index (χ3v) is 3.02. The molecule has 1 aromatic rings. The van der Waals surface area contributed by atoms with Crippen molar-refractivity contribution in [2.45, 2.75) is 0 Å². The number of ether oxygens (including phenoxy) is 2. The molecule has 5 nitrogen and oxygen atoms in total. The summed E-state index contributed by atoms with van der Waals surface area (Å²) in [5.41, 5.74) is 0.820. The molecule has 0 aliphatic carbocycles. The molecule has 18 heavy (non-hydrogen) atoms. The van der Waals surface area contributed by atoms with E-state index in [2.05, 4.69) is 31.6 Å². The monoisotopic (exact) mass is 379 g/mol. The molecule has 0 atom stereocenters. The lowest BCUT2D eigenvalue weighted by Gasteiger charge is -2.13. The molecule has 2 rings (SSSR count). The van der Waals surface area contributed by atoms with Gasteiger partial charge in [-0.05, 0) is 15.9 Å². The molecule has 1 heterocycles. The second-order valence-corrected chi connectivity index (χ2v) is 4.32. The van der Waals surface area contributed by atoms with Crippen LogP contribution in [-0.4, -0.2) is 33.3 Å². The Morgan fingerprint density at radius 3 is 2.56 bits per heavy atom. The van der Waals surface area contributed by atoms with E-state index in [1.54, 1.807) is 14.2 Å². The number of benzene rings is 1. The zero-order valence-corrected chi connectivity index (χ0v) is 13.4. The average Bonchev–Trinajstić information content (AvgIpc) is 2.83. The van der Waals surface area contributed by atoms with Crippen LogP contribution < -0.4 is 20.1 Å². The van der Waals surface area contributed by atoms with Gasteiger partial charge in [-0.15, -0.1) is 17.0 Å². The summed E-state index contributed by atoms with van der Waals surface area (Å²) in [6, 6.07) is 3.72. The highest BCUT2D eigenvalue weighted by atomic mass is 79.9. The smallest absolute Gasteiger partial charge is 0.196 e. The van der Waals surface area contributed by atoms with Gasteiger partial charge < -0.3 is 20.1 Å². The van der Waals surface area contributed by atoms with Crippen molar-refractivity contribution >= 4 is 44.6 Å². The van der Waals surface area contributed by atoms with Gasteiger partial charge in [0, 0.05) is 18.7 Å². The lowest BCUT2D eigenvalue weighted by molar-refractivity contribution is 0.402. The summed E-state index contributed by atoms with van der Waals surface area (Å²) < 4.78 is 11.4. The van der Waals surface area contributed by atoms with Gasteiger partial charge in [0.15, 0.2) is 5.96 Å². The number of methoxy groups -OCH3 is 2. The number of guanidine groups is 1. The minimum absolute atomic E-state index is 0. The van der Waals surface area contributed by atoms with Gasteiger partial charge in [0.2, 0.25) is 0 Å². The first-order valence-corrected chi connectivity index (χ1v) is 6.00. The lowest BCUT2D eigenvalue weighted by Crippen LogP contribution is -2.26. The number of aliphatic imine (C=N–C) groups is 1. The zero-order valence-electron chi connectivity index (χ0n) is 10.1. The van der Waals surface area contributed by atoms with Crippen molar-refractivity contribution in [1.29, 1.82) is 0 Å². The summed E-state index contributed by atoms with van der Waals surface area (Å²) in [7, 11) is 3.25. The van der Waals surface area contributed by atoms with Crippen LogP contribution in [0.4, 0.5) is 5.69 Å². The topological polar surface area (TPSA) is 54.9 Å². The first-order chi connectivity index (χ1) is 8.24. The van der Waals surface area contributed by atoms with E-state index in [-0.39, 0.29) is 17.0 Å². The fraction of sp³-hybridized carbons (Fsp3) is 0.364. The SMILES string of the molecule is Br.COc1cc(NC2=NCCN2)c(OC)cc1Br. The van der Waals surface area contributed by atoms with Gasteiger partial charge in [0.05, 0.1) is 30.9 Å². The Balaban J connectivity index is 0.00000162. The molecule has 1 aliphatic rings. The van der Waals surface area contributed by atoms with Gasteiger partial charge in [-0.1, -0.05) is 0 Å². The molecule has 0 bridgehead atoms. The molecule has 0 saturated carbocycles. The van der Waals surface area contributed by atoms with Gasteiger partial charge in [-0.2, -0.15) is 0 Å². The number of rotatable bonds is 3. The predicted molar refractivity (Wildman–Crippen MR) is 81.5 cm³/mol. The minimum Gasteiger partial charge on any atom is -0.495 e. The van der Waals surface area contributed by atoms with Crippen LogP contribution in [0.15, 0.2) is 21.6 Å². The van der Waals surface area contributed by atoms with Gasteiger partial charge in [0.1, 0.15) is 11.5 Å². The van der Waals surface area contributed by atoms with E-state index in [1.807, 2.05) is 12.1 Å². The molecule has 0 aromatic heterocycles. The maximum absolute atomic E-state index is 5.31. The Morgan fingerprint density at radius 1 is 1.28 bits per heavy atom. The van der Waals surface area contributed by atoms with Gasteiger partial charge in [-0.25, -0.2) is 0 Å². The second kappa shape index (κ2) is 6.84. The van der Waals surface area contributed by atoms with Gasteiger partial charge in [0.25, 0.3) is 0 Å². The highest BCUT2D eigenvalue weighted by Crippen LogP contribution is 2.36. The summed E-state index contributed by atoms with van der Waals surface area (Å²) in [5, 5.41) is 6.31. The van der Waals surface area contributed by atoms with E-state index in [4.69, 9.17) is 9.47 Å². The molecule has 0 radical (unpaired) electrons. The summed E-state index contributed by atoms with van der Waals surface area (Å²) in [6.45, 7) is 1.65. The molecule has 0 unspecified atom stereocenters. The number of hydrogen-bond donors (Lipinski definition) is 2. The van der Waals surface area contributed by atoms with Crippen molar-refractivity contribution in [3.05, 3.63) is 16.6 Å². The summed E-state index contributed by atoms with van der Waals surface area (Å²) in [6.07, 6.45) is 0. The summed E-state index contributed by atoms with van der Waals surface area (Å²) >= 11 is 3.42. The molecule has 100 valence electrons. The molecule has 7 heteroatoms. The fourth-order valence-electron chi connectivity index (χ4n) is 1.57. The highest BCUT2D eigenvalue weighted by Gasteiger charge is 2.12. The summed E-state index contributed by atoms with van der Waals surface area (Å²) in [4.78, 5) is 4.27. The van der Waals surface area contributed by atoms with Crippen LogP contribution in [0.3, 0.4) is 0 Å².